The van der Waals surface area contributed by atoms with Crippen LogP contribution >= 0.6 is 0 Å². The molecule has 3 rings (SSSR count). The average molecular weight is 197 g/mol. The van der Waals surface area contributed by atoms with Crippen molar-refractivity contribution in [3.63, 3.8) is 0 Å². The first-order chi connectivity index (χ1) is 7.29. The second-order valence-electron chi connectivity index (χ2n) is 3.38. The summed E-state index contributed by atoms with van der Waals surface area (Å²) in [5, 5.41) is 9.80. The fraction of sp³-hybridized carbons (Fsp3) is 0.0909. The maximum atomic E-state index is 8.96. The summed E-state index contributed by atoms with van der Waals surface area (Å²) in [5.41, 5.74) is 2.98. The fourth-order valence-corrected chi connectivity index (χ4v) is 1.81. The molecule has 0 aliphatic rings. The zero-order valence-corrected chi connectivity index (χ0v) is 8.03. The molecule has 2 heterocycles. The van der Waals surface area contributed by atoms with Crippen LogP contribution in [0, 0.1) is 18.3 Å². The van der Waals surface area contributed by atoms with Gasteiger partial charge in [0, 0.05) is 24.0 Å². The van der Waals surface area contributed by atoms with Crippen molar-refractivity contribution in [1.29, 1.82) is 5.26 Å². The number of H-pyrrole nitrogens is 1. The second kappa shape index (κ2) is 2.61. The van der Waals surface area contributed by atoms with E-state index in [0.717, 1.165) is 22.0 Å². The molecule has 0 unspecified atom stereocenters. The number of aromatic nitrogens is 2. The molecule has 15 heavy (non-hydrogen) atoms. The topological polar surface area (TPSA) is 65.6 Å². The molecule has 0 amide bonds. The van der Waals surface area contributed by atoms with Gasteiger partial charge in [0.1, 0.15) is 11.6 Å². The Bertz CT molecular complexity index is 700. The maximum absolute atomic E-state index is 8.96. The van der Waals surface area contributed by atoms with Crippen LogP contribution in [0.3, 0.4) is 0 Å². The first-order valence-corrected chi connectivity index (χ1v) is 4.57. The summed E-state index contributed by atoms with van der Waals surface area (Å²) in [4.78, 5) is 7.32. The highest BCUT2D eigenvalue weighted by atomic mass is 16.3. The van der Waals surface area contributed by atoms with Gasteiger partial charge in [0.05, 0.1) is 5.56 Å². The Morgan fingerprint density at radius 3 is 3.13 bits per heavy atom. The Morgan fingerprint density at radius 1 is 1.47 bits per heavy atom. The van der Waals surface area contributed by atoms with Gasteiger partial charge in [0.25, 0.3) is 0 Å². The minimum atomic E-state index is 0.601. The Labute approximate surface area is 85.1 Å². The number of aryl methyl sites for hydroxylation is 1. The van der Waals surface area contributed by atoms with Crippen LogP contribution in [0.5, 0.6) is 0 Å². The van der Waals surface area contributed by atoms with Crippen LogP contribution in [-0.2, 0) is 0 Å². The lowest BCUT2D eigenvalue weighted by Gasteiger charge is -1.90. The zero-order chi connectivity index (χ0) is 10.4. The Kier molecular flexibility index (Phi) is 1.40. The minimum Gasteiger partial charge on any atom is -0.441 e. The third-order valence-electron chi connectivity index (χ3n) is 2.43. The molecule has 1 N–H and O–H groups in total. The van der Waals surface area contributed by atoms with E-state index in [1.807, 2.05) is 12.1 Å². The number of fused-ring (bicyclic) bond motifs is 3. The largest absolute Gasteiger partial charge is 0.441 e. The molecule has 0 saturated heterocycles. The van der Waals surface area contributed by atoms with Gasteiger partial charge in [-0.15, -0.1) is 0 Å². The molecular weight excluding hydrogens is 190 g/mol. The fourth-order valence-electron chi connectivity index (χ4n) is 1.81. The molecule has 0 aliphatic carbocycles. The summed E-state index contributed by atoms with van der Waals surface area (Å²) in [6.45, 7) is 1.80. The van der Waals surface area contributed by atoms with Crippen LogP contribution in [0.1, 0.15) is 11.5 Å². The number of nitrogens with zero attached hydrogens (tertiary/aromatic N) is 2. The predicted molar refractivity (Wildman–Crippen MR) is 55.3 cm³/mol. The van der Waals surface area contributed by atoms with E-state index in [1.54, 1.807) is 13.1 Å². The van der Waals surface area contributed by atoms with Crippen LogP contribution in [0.15, 0.2) is 22.7 Å². The molecule has 0 spiro atoms. The molecule has 0 radical (unpaired) electrons. The number of oxazole rings is 1. The zero-order valence-electron chi connectivity index (χ0n) is 8.03. The molecule has 4 heteroatoms. The summed E-state index contributed by atoms with van der Waals surface area (Å²) in [5.74, 6) is 0.614. The van der Waals surface area contributed by atoms with E-state index in [-0.39, 0.29) is 0 Å². The standard InChI is InChI=1S/C11H7N3O/c1-6-14-11-9(15-6)3-2-8-10(11)7(4-12)5-13-8/h2-3,5,13H,1H3. The van der Waals surface area contributed by atoms with Crippen LogP contribution in [-0.4, -0.2) is 9.97 Å². The smallest absolute Gasteiger partial charge is 0.192 e. The monoisotopic (exact) mass is 197 g/mol. The number of nitrogens with one attached hydrogen (secondary N) is 1. The molecule has 2 aromatic heterocycles. The van der Waals surface area contributed by atoms with Crippen molar-refractivity contribution in [1.82, 2.24) is 9.97 Å². The number of hydrogen-bond donors (Lipinski definition) is 1. The van der Waals surface area contributed by atoms with Gasteiger partial charge in [-0.3, -0.25) is 0 Å². The molecule has 1 aromatic carbocycles. The van der Waals surface area contributed by atoms with Crippen molar-refractivity contribution in [2.45, 2.75) is 6.92 Å². The van der Waals surface area contributed by atoms with Crippen molar-refractivity contribution >= 4 is 22.0 Å². The van der Waals surface area contributed by atoms with Crippen molar-refractivity contribution < 1.29 is 4.42 Å². The molecular formula is C11H7N3O. The van der Waals surface area contributed by atoms with E-state index in [1.165, 1.54) is 0 Å². The van der Waals surface area contributed by atoms with Gasteiger partial charge in [-0.05, 0) is 12.1 Å². The van der Waals surface area contributed by atoms with E-state index < -0.39 is 0 Å². The Hall–Kier alpha value is -2.28. The lowest BCUT2D eigenvalue weighted by atomic mass is 10.1. The molecule has 0 bridgehead atoms. The average Bonchev–Trinajstić information content (AvgIpc) is 2.78. The third-order valence-corrected chi connectivity index (χ3v) is 2.43. The van der Waals surface area contributed by atoms with Gasteiger partial charge in [0.15, 0.2) is 11.5 Å². The first kappa shape index (κ1) is 8.06. The van der Waals surface area contributed by atoms with E-state index in [2.05, 4.69) is 16.0 Å². The lowest BCUT2D eigenvalue weighted by Crippen LogP contribution is -1.74. The predicted octanol–water partition coefficient (Wildman–Crippen LogP) is 2.49. The third kappa shape index (κ3) is 0.974. The van der Waals surface area contributed by atoms with Crippen LogP contribution in [0.4, 0.5) is 0 Å². The number of benzene rings is 1. The normalized spacial score (nSPS) is 10.9. The quantitative estimate of drug-likeness (QED) is 0.602. The molecule has 0 saturated carbocycles. The number of rotatable bonds is 0. The Morgan fingerprint density at radius 2 is 2.33 bits per heavy atom. The van der Waals surface area contributed by atoms with E-state index in [0.29, 0.717) is 11.5 Å². The summed E-state index contributed by atoms with van der Waals surface area (Å²) in [7, 11) is 0. The van der Waals surface area contributed by atoms with Gasteiger partial charge in [0.2, 0.25) is 0 Å². The lowest BCUT2D eigenvalue weighted by molar-refractivity contribution is 0.561. The van der Waals surface area contributed by atoms with Crippen LogP contribution in [0.2, 0.25) is 0 Å². The molecule has 3 aromatic rings. The van der Waals surface area contributed by atoms with Crippen LogP contribution < -0.4 is 0 Å². The number of aromatic amines is 1. The number of nitriles is 1. The molecule has 0 aliphatic heterocycles. The Balaban J connectivity index is 2.62. The summed E-state index contributed by atoms with van der Waals surface area (Å²) in [6.07, 6.45) is 1.69. The van der Waals surface area contributed by atoms with Gasteiger partial charge < -0.3 is 9.40 Å². The highest BCUT2D eigenvalue weighted by molar-refractivity contribution is 6.05. The van der Waals surface area contributed by atoms with Gasteiger partial charge in [-0.1, -0.05) is 0 Å². The van der Waals surface area contributed by atoms with E-state index >= 15 is 0 Å². The first-order valence-electron chi connectivity index (χ1n) is 4.57. The summed E-state index contributed by atoms with van der Waals surface area (Å²) < 4.78 is 5.41. The molecule has 0 fully saturated rings. The maximum Gasteiger partial charge on any atom is 0.192 e. The number of hydrogen-bond acceptors (Lipinski definition) is 3. The highest BCUT2D eigenvalue weighted by Crippen LogP contribution is 2.27. The van der Waals surface area contributed by atoms with Gasteiger partial charge in [-0.2, -0.15) is 5.26 Å². The van der Waals surface area contributed by atoms with Crippen molar-refractivity contribution in [2.75, 3.05) is 0 Å². The molecule has 72 valence electrons. The van der Waals surface area contributed by atoms with E-state index in [4.69, 9.17) is 9.68 Å². The van der Waals surface area contributed by atoms with Gasteiger partial charge in [-0.25, -0.2) is 4.98 Å². The van der Waals surface area contributed by atoms with Crippen molar-refractivity contribution in [3.05, 3.63) is 29.8 Å². The van der Waals surface area contributed by atoms with E-state index in [9.17, 15) is 0 Å². The summed E-state index contributed by atoms with van der Waals surface area (Å²) in [6, 6.07) is 5.89. The van der Waals surface area contributed by atoms with Crippen LogP contribution in [0.25, 0.3) is 22.0 Å². The molecule has 0 atom stereocenters. The second-order valence-corrected chi connectivity index (χ2v) is 3.38. The summed E-state index contributed by atoms with van der Waals surface area (Å²) >= 11 is 0. The van der Waals surface area contributed by atoms with Gasteiger partial charge >= 0.3 is 0 Å². The van der Waals surface area contributed by atoms with Crippen molar-refractivity contribution in [3.8, 4) is 6.07 Å². The highest BCUT2D eigenvalue weighted by Gasteiger charge is 2.11. The minimum absolute atomic E-state index is 0.601. The SMILES string of the molecule is Cc1nc2c(ccc3[nH]cc(C#N)c32)o1. The molecule has 4 nitrogen and oxygen atoms in total. The van der Waals surface area contributed by atoms with Crippen molar-refractivity contribution in [2.24, 2.45) is 0 Å².